The number of carbonyl (C=O) groups excluding carboxylic acids is 2. The normalized spacial score (nSPS) is 11.5. The summed E-state index contributed by atoms with van der Waals surface area (Å²) < 4.78 is 13.5. The van der Waals surface area contributed by atoms with Crippen LogP contribution in [0.2, 0.25) is 0 Å². The lowest BCUT2D eigenvalue weighted by Crippen LogP contribution is -2.38. The molecule has 0 aliphatic carbocycles. The molecule has 1 aromatic heterocycles. The molecule has 1 aromatic carbocycles. The molecule has 1 atom stereocenters. The molecule has 1 unspecified atom stereocenters. The van der Waals surface area contributed by atoms with E-state index in [0.717, 1.165) is 0 Å². The average molecular weight is 345 g/mol. The van der Waals surface area contributed by atoms with Gasteiger partial charge in [-0.05, 0) is 29.8 Å². The fourth-order valence-corrected chi connectivity index (χ4v) is 2.18. The van der Waals surface area contributed by atoms with E-state index in [0.29, 0.717) is 11.1 Å². The van der Waals surface area contributed by atoms with E-state index in [1.807, 2.05) is 0 Å². The molecular formula is C16H17BFN3O4. The van der Waals surface area contributed by atoms with E-state index in [2.05, 4.69) is 15.6 Å². The third-order valence-electron chi connectivity index (χ3n) is 3.35. The van der Waals surface area contributed by atoms with Crippen LogP contribution >= 0.6 is 0 Å². The molecule has 0 aliphatic heterocycles. The van der Waals surface area contributed by atoms with Crippen molar-refractivity contribution < 1.29 is 24.0 Å². The number of rotatable bonds is 7. The van der Waals surface area contributed by atoms with Gasteiger partial charge in [0.1, 0.15) is 5.82 Å². The van der Waals surface area contributed by atoms with Crippen LogP contribution in [0.25, 0.3) is 0 Å². The lowest BCUT2D eigenvalue weighted by molar-refractivity contribution is -0.121. The van der Waals surface area contributed by atoms with Crippen molar-refractivity contribution in [3.8, 4) is 0 Å². The summed E-state index contributed by atoms with van der Waals surface area (Å²) in [5.74, 6) is -1.48. The van der Waals surface area contributed by atoms with Gasteiger partial charge < -0.3 is 20.7 Å². The minimum Gasteiger partial charge on any atom is -0.426 e. The molecule has 9 heteroatoms. The van der Waals surface area contributed by atoms with Crippen molar-refractivity contribution in [2.75, 3.05) is 6.44 Å². The number of nitrogens with zero attached hydrogens (tertiary/aromatic N) is 1. The number of amides is 2. The highest BCUT2D eigenvalue weighted by Gasteiger charge is 2.20. The van der Waals surface area contributed by atoms with Gasteiger partial charge in [0, 0.05) is 12.4 Å². The topological polar surface area (TPSA) is 112 Å². The largest absolute Gasteiger partial charge is 0.472 e. The van der Waals surface area contributed by atoms with Crippen molar-refractivity contribution in [3.05, 3.63) is 65.7 Å². The third kappa shape index (κ3) is 5.98. The number of nitrogens with one attached hydrogen (secondary N) is 2. The van der Waals surface area contributed by atoms with Crippen molar-refractivity contribution in [1.82, 2.24) is 15.6 Å². The smallest absolute Gasteiger partial charge is 0.426 e. The lowest BCUT2D eigenvalue weighted by Gasteiger charge is -2.19. The Labute approximate surface area is 144 Å². The Morgan fingerprint density at radius 3 is 2.68 bits per heavy atom. The van der Waals surface area contributed by atoms with E-state index in [1.165, 1.54) is 30.6 Å². The van der Waals surface area contributed by atoms with Gasteiger partial charge in [-0.25, -0.2) is 4.39 Å². The van der Waals surface area contributed by atoms with Crippen LogP contribution in [-0.4, -0.2) is 40.4 Å². The molecule has 0 saturated carbocycles. The SMILES string of the molecule is O=C(CC(NC(=O)c1cccnc1)c1cccc(F)c1)NCB(O)O. The Balaban J connectivity index is 2.14. The summed E-state index contributed by atoms with van der Waals surface area (Å²) in [4.78, 5) is 28.1. The molecular weight excluding hydrogens is 328 g/mol. The Morgan fingerprint density at radius 1 is 1.24 bits per heavy atom. The molecule has 2 rings (SSSR count). The predicted molar refractivity (Wildman–Crippen MR) is 88.7 cm³/mol. The summed E-state index contributed by atoms with van der Waals surface area (Å²) in [6, 6.07) is 7.91. The molecule has 4 N–H and O–H groups in total. The number of hydrogen-bond acceptors (Lipinski definition) is 5. The molecule has 0 aliphatic rings. The summed E-state index contributed by atoms with van der Waals surface area (Å²) in [6.07, 6.45) is 2.36. The Morgan fingerprint density at radius 2 is 2.04 bits per heavy atom. The van der Waals surface area contributed by atoms with Gasteiger partial charge in [-0.15, -0.1) is 0 Å². The van der Waals surface area contributed by atoms with Gasteiger partial charge >= 0.3 is 7.12 Å². The molecule has 130 valence electrons. The molecule has 0 saturated heterocycles. The second-order valence-electron chi connectivity index (χ2n) is 5.31. The van der Waals surface area contributed by atoms with Crippen LogP contribution in [0.4, 0.5) is 4.39 Å². The van der Waals surface area contributed by atoms with E-state index in [-0.39, 0.29) is 12.9 Å². The third-order valence-corrected chi connectivity index (χ3v) is 3.35. The van der Waals surface area contributed by atoms with Crippen LogP contribution in [-0.2, 0) is 4.79 Å². The quantitative estimate of drug-likeness (QED) is 0.536. The van der Waals surface area contributed by atoms with Crippen molar-refractivity contribution in [3.63, 3.8) is 0 Å². The summed E-state index contributed by atoms with van der Waals surface area (Å²) in [5, 5.41) is 22.6. The number of halogens is 1. The number of carbonyl (C=O) groups is 2. The highest BCUT2D eigenvalue weighted by molar-refractivity contribution is 6.41. The molecule has 2 amide bonds. The van der Waals surface area contributed by atoms with Crippen LogP contribution < -0.4 is 10.6 Å². The van der Waals surface area contributed by atoms with E-state index >= 15 is 0 Å². The Bertz CT molecular complexity index is 730. The second-order valence-corrected chi connectivity index (χ2v) is 5.31. The minimum absolute atomic E-state index is 0.192. The molecule has 0 fully saturated rings. The molecule has 1 heterocycles. The number of aromatic nitrogens is 1. The maximum absolute atomic E-state index is 13.5. The summed E-state index contributed by atoms with van der Waals surface area (Å²) in [6.45, 7) is 0. The van der Waals surface area contributed by atoms with Gasteiger partial charge in [0.05, 0.1) is 24.5 Å². The van der Waals surface area contributed by atoms with E-state index in [1.54, 1.807) is 18.2 Å². The molecule has 25 heavy (non-hydrogen) atoms. The van der Waals surface area contributed by atoms with Crippen molar-refractivity contribution in [2.45, 2.75) is 12.5 Å². The lowest BCUT2D eigenvalue weighted by atomic mass is 9.92. The zero-order valence-corrected chi connectivity index (χ0v) is 13.2. The number of hydrogen-bond donors (Lipinski definition) is 4. The standard InChI is InChI=1S/C16H17BFN3O4/c18-13-5-1-3-11(7-13)14(8-15(22)20-10-17(24)25)21-16(23)12-4-2-6-19-9-12/h1-7,9,14,24-25H,8,10H2,(H,20,22)(H,21,23). The van der Waals surface area contributed by atoms with E-state index < -0.39 is 30.8 Å². The van der Waals surface area contributed by atoms with Gasteiger partial charge in [-0.1, -0.05) is 12.1 Å². The van der Waals surface area contributed by atoms with Crippen LogP contribution in [0, 0.1) is 5.82 Å². The number of pyridine rings is 1. The van der Waals surface area contributed by atoms with E-state index in [9.17, 15) is 14.0 Å². The zero-order valence-electron chi connectivity index (χ0n) is 13.2. The first-order valence-electron chi connectivity index (χ1n) is 7.55. The fraction of sp³-hybridized carbons (Fsp3) is 0.188. The molecule has 7 nitrogen and oxygen atoms in total. The average Bonchev–Trinajstić information content (AvgIpc) is 2.60. The van der Waals surface area contributed by atoms with Gasteiger partial charge in [0.2, 0.25) is 5.91 Å². The van der Waals surface area contributed by atoms with Crippen LogP contribution in [0.3, 0.4) is 0 Å². The molecule has 0 spiro atoms. The van der Waals surface area contributed by atoms with E-state index in [4.69, 9.17) is 10.0 Å². The Hall–Kier alpha value is -2.78. The van der Waals surface area contributed by atoms with Gasteiger partial charge in [0.15, 0.2) is 0 Å². The van der Waals surface area contributed by atoms with Crippen LogP contribution in [0.1, 0.15) is 28.4 Å². The van der Waals surface area contributed by atoms with Gasteiger partial charge in [-0.3, -0.25) is 14.6 Å². The van der Waals surface area contributed by atoms with Crippen LogP contribution in [0.5, 0.6) is 0 Å². The summed E-state index contributed by atoms with van der Waals surface area (Å²) >= 11 is 0. The second kappa shape index (κ2) is 8.90. The van der Waals surface area contributed by atoms with Crippen molar-refractivity contribution >= 4 is 18.9 Å². The maximum atomic E-state index is 13.5. The molecule has 2 aromatic rings. The van der Waals surface area contributed by atoms with Gasteiger partial charge in [0.25, 0.3) is 5.91 Å². The van der Waals surface area contributed by atoms with Crippen molar-refractivity contribution in [2.24, 2.45) is 0 Å². The van der Waals surface area contributed by atoms with Gasteiger partial charge in [-0.2, -0.15) is 0 Å². The minimum atomic E-state index is -1.68. The first-order valence-corrected chi connectivity index (χ1v) is 7.55. The summed E-state index contributed by atoms with van der Waals surface area (Å²) in [7, 11) is -1.68. The Kier molecular flexibility index (Phi) is 6.61. The molecule has 0 bridgehead atoms. The number of benzene rings is 1. The monoisotopic (exact) mass is 345 g/mol. The summed E-state index contributed by atoms with van der Waals surface area (Å²) in [5.41, 5.74) is 0.715. The zero-order chi connectivity index (χ0) is 18.2. The first kappa shape index (κ1) is 18.6. The fourth-order valence-electron chi connectivity index (χ4n) is 2.18. The van der Waals surface area contributed by atoms with Crippen LogP contribution in [0.15, 0.2) is 48.8 Å². The highest BCUT2D eigenvalue weighted by Crippen LogP contribution is 2.18. The first-order chi connectivity index (χ1) is 12.0. The predicted octanol–water partition coefficient (Wildman–Crippen LogP) is 0.210. The highest BCUT2D eigenvalue weighted by atomic mass is 19.1. The maximum Gasteiger partial charge on any atom is 0.472 e. The molecule has 0 radical (unpaired) electrons. The van der Waals surface area contributed by atoms with Crippen molar-refractivity contribution in [1.29, 1.82) is 0 Å².